The zero-order chi connectivity index (χ0) is 24.2. The molecule has 2 aromatic carbocycles. The highest BCUT2D eigenvalue weighted by atomic mass is 32.2. The smallest absolute Gasteiger partial charge is 0.350 e. The molecule has 5 rings (SSSR count). The van der Waals surface area contributed by atoms with Gasteiger partial charge in [-0.3, -0.25) is 4.79 Å². The predicted octanol–water partition coefficient (Wildman–Crippen LogP) is 2.26. The van der Waals surface area contributed by atoms with Gasteiger partial charge in [-0.05, 0) is 36.1 Å². The van der Waals surface area contributed by atoms with Gasteiger partial charge >= 0.3 is 5.69 Å². The van der Waals surface area contributed by atoms with E-state index in [1.54, 1.807) is 24.2 Å². The molecule has 1 aliphatic heterocycles. The van der Waals surface area contributed by atoms with Gasteiger partial charge < -0.3 is 15.1 Å². The fraction of sp³-hybridized carbons (Fsp3) is 0.280. The van der Waals surface area contributed by atoms with Crippen LogP contribution < -0.4 is 20.8 Å². The first-order chi connectivity index (χ1) is 17.1. The van der Waals surface area contributed by atoms with Crippen LogP contribution in [0.15, 0.2) is 76.7 Å². The minimum absolute atomic E-state index is 0.148. The fourth-order valence-corrected chi connectivity index (χ4v) is 4.62. The number of fused-ring (bicyclic) bond motifs is 1. The summed E-state index contributed by atoms with van der Waals surface area (Å²) in [5.74, 6) is 0.390. The Morgan fingerprint density at radius 1 is 1.00 bits per heavy atom. The molecule has 35 heavy (non-hydrogen) atoms. The van der Waals surface area contributed by atoms with Crippen molar-refractivity contribution in [3.8, 4) is 0 Å². The highest BCUT2D eigenvalue weighted by Crippen LogP contribution is 2.21. The summed E-state index contributed by atoms with van der Waals surface area (Å²) in [6.07, 6.45) is 5.22. The van der Waals surface area contributed by atoms with E-state index in [-0.39, 0.29) is 18.1 Å². The van der Waals surface area contributed by atoms with Crippen LogP contribution in [0.3, 0.4) is 0 Å². The van der Waals surface area contributed by atoms with Crippen molar-refractivity contribution in [2.75, 3.05) is 42.2 Å². The van der Waals surface area contributed by atoms with Gasteiger partial charge in [-0.15, -0.1) is 16.9 Å². The Kier molecular flexibility index (Phi) is 6.71. The van der Waals surface area contributed by atoms with Crippen molar-refractivity contribution in [3.05, 3.63) is 83.0 Å². The maximum Gasteiger partial charge on any atom is 0.350 e. The summed E-state index contributed by atoms with van der Waals surface area (Å²) in [5.41, 5.74) is 2.31. The van der Waals surface area contributed by atoms with Crippen LogP contribution in [0.1, 0.15) is 5.56 Å². The third kappa shape index (κ3) is 5.02. The Bertz CT molecular complexity index is 1360. The maximum absolute atomic E-state index is 12.9. The minimum Gasteiger partial charge on any atom is -0.368 e. The molecule has 0 saturated carbocycles. The number of hydrogen-bond acceptors (Lipinski definition) is 7. The SMILES string of the molecule is CSc1ccc(CNC(=O)Cn2nc3c(N4CCN(c5ccccc5)CC4)nccn3c2=O)cc1. The Labute approximate surface area is 207 Å². The molecule has 4 aromatic rings. The van der Waals surface area contributed by atoms with Gasteiger partial charge in [0.25, 0.3) is 0 Å². The molecule has 1 fully saturated rings. The summed E-state index contributed by atoms with van der Waals surface area (Å²) in [6.45, 7) is 3.46. The van der Waals surface area contributed by atoms with Crippen molar-refractivity contribution < 1.29 is 4.79 Å². The summed E-state index contributed by atoms with van der Waals surface area (Å²) >= 11 is 1.67. The van der Waals surface area contributed by atoms with Crippen LogP contribution in [0, 0.1) is 0 Å². The minimum atomic E-state index is -0.356. The highest BCUT2D eigenvalue weighted by molar-refractivity contribution is 7.98. The lowest BCUT2D eigenvalue weighted by Crippen LogP contribution is -2.47. The maximum atomic E-state index is 12.9. The first-order valence-electron chi connectivity index (χ1n) is 11.5. The summed E-state index contributed by atoms with van der Waals surface area (Å²) in [4.78, 5) is 35.6. The van der Waals surface area contributed by atoms with Gasteiger partial charge in [-0.2, -0.15) is 0 Å². The molecule has 1 aliphatic rings. The monoisotopic (exact) mass is 489 g/mol. The normalized spacial score (nSPS) is 13.9. The lowest BCUT2D eigenvalue weighted by Gasteiger charge is -2.36. The molecule has 1 amide bonds. The van der Waals surface area contributed by atoms with Crippen molar-refractivity contribution in [1.29, 1.82) is 0 Å². The van der Waals surface area contributed by atoms with Gasteiger partial charge in [0.15, 0.2) is 5.82 Å². The second-order valence-corrected chi connectivity index (χ2v) is 9.20. The Morgan fingerprint density at radius 2 is 1.71 bits per heavy atom. The first kappa shape index (κ1) is 23.0. The largest absolute Gasteiger partial charge is 0.368 e. The van der Waals surface area contributed by atoms with E-state index >= 15 is 0 Å². The van der Waals surface area contributed by atoms with Crippen LogP contribution in [-0.2, 0) is 17.9 Å². The van der Waals surface area contributed by atoms with Crippen molar-refractivity contribution in [2.24, 2.45) is 0 Å². The van der Waals surface area contributed by atoms with Gasteiger partial charge in [0.1, 0.15) is 6.54 Å². The molecule has 0 radical (unpaired) electrons. The number of carbonyl (C=O) groups is 1. The lowest BCUT2D eigenvalue weighted by molar-refractivity contribution is -0.122. The van der Waals surface area contributed by atoms with Crippen LogP contribution in [0.4, 0.5) is 11.5 Å². The van der Waals surface area contributed by atoms with Gasteiger partial charge in [-0.1, -0.05) is 30.3 Å². The Morgan fingerprint density at radius 3 is 2.43 bits per heavy atom. The van der Waals surface area contributed by atoms with E-state index in [0.717, 1.165) is 31.7 Å². The average molecular weight is 490 g/mol. The van der Waals surface area contributed by atoms with E-state index in [1.807, 2.05) is 48.7 Å². The average Bonchev–Trinajstić information content (AvgIpc) is 3.23. The second kappa shape index (κ2) is 10.2. The topological polar surface area (TPSA) is 87.8 Å². The number of rotatable bonds is 7. The number of thioether (sulfide) groups is 1. The van der Waals surface area contributed by atoms with Crippen molar-refractivity contribution in [3.63, 3.8) is 0 Å². The second-order valence-electron chi connectivity index (χ2n) is 8.32. The zero-order valence-corrected chi connectivity index (χ0v) is 20.3. The molecule has 0 bridgehead atoms. The van der Waals surface area contributed by atoms with Crippen LogP contribution in [0.25, 0.3) is 5.65 Å². The number of piperazine rings is 1. The molecule has 1 N–H and O–H groups in total. The van der Waals surface area contributed by atoms with Gasteiger partial charge in [-0.25, -0.2) is 18.9 Å². The van der Waals surface area contributed by atoms with Crippen molar-refractivity contribution in [2.45, 2.75) is 18.0 Å². The number of carbonyl (C=O) groups excluding carboxylic acids is 1. The molecule has 0 atom stereocenters. The number of nitrogens with one attached hydrogen (secondary N) is 1. The van der Waals surface area contributed by atoms with Gasteiger partial charge in [0, 0.05) is 55.7 Å². The van der Waals surface area contributed by atoms with Crippen LogP contribution in [-0.4, -0.2) is 57.5 Å². The van der Waals surface area contributed by atoms with E-state index < -0.39 is 0 Å². The summed E-state index contributed by atoms with van der Waals surface area (Å²) in [5, 5.41) is 7.34. The van der Waals surface area contributed by atoms with E-state index in [0.29, 0.717) is 18.0 Å². The van der Waals surface area contributed by atoms with Crippen LogP contribution in [0.5, 0.6) is 0 Å². The molecule has 2 aromatic heterocycles. The third-order valence-electron chi connectivity index (χ3n) is 6.13. The molecular weight excluding hydrogens is 462 g/mol. The van der Waals surface area contributed by atoms with E-state index in [2.05, 4.69) is 37.3 Å². The number of para-hydroxylation sites is 1. The Balaban J connectivity index is 1.27. The van der Waals surface area contributed by atoms with E-state index in [9.17, 15) is 9.59 Å². The summed E-state index contributed by atoms with van der Waals surface area (Å²) in [6, 6.07) is 18.3. The lowest BCUT2D eigenvalue weighted by atomic mass is 10.2. The number of amides is 1. The number of benzene rings is 2. The summed E-state index contributed by atoms with van der Waals surface area (Å²) in [7, 11) is 0. The van der Waals surface area contributed by atoms with Gasteiger partial charge in [0.2, 0.25) is 11.6 Å². The number of anilines is 2. The highest BCUT2D eigenvalue weighted by Gasteiger charge is 2.22. The molecule has 10 heteroatoms. The Hall–Kier alpha value is -3.79. The van der Waals surface area contributed by atoms with Crippen LogP contribution >= 0.6 is 11.8 Å². The van der Waals surface area contributed by atoms with Crippen LogP contribution in [0.2, 0.25) is 0 Å². The molecular formula is C25H27N7O2S. The number of nitrogens with zero attached hydrogens (tertiary/aromatic N) is 6. The number of aromatic nitrogens is 4. The molecule has 0 spiro atoms. The predicted molar refractivity (Wildman–Crippen MR) is 138 cm³/mol. The zero-order valence-electron chi connectivity index (χ0n) is 19.5. The number of hydrogen-bond donors (Lipinski definition) is 1. The quantitative estimate of drug-likeness (QED) is 0.399. The molecule has 3 heterocycles. The standard InChI is InChI=1S/C25H27N7O2S/c1-35-21-9-7-19(8-10-21)17-27-22(33)18-32-25(34)31-12-11-26-23(24(31)28-32)30-15-13-29(14-16-30)20-5-3-2-4-6-20/h2-12H,13-18H2,1H3,(H,27,33). The third-order valence-corrected chi connectivity index (χ3v) is 6.87. The summed E-state index contributed by atoms with van der Waals surface area (Å²) < 4.78 is 2.66. The van der Waals surface area contributed by atoms with E-state index in [1.165, 1.54) is 19.7 Å². The molecule has 0 aliphatic carbocycles. The molecule has 1 saturated heterocycles. The van der Waals surface area contributed by atoms with Gasteiger partial charge in [0.05, 0.1) is 0 Å². The fourth-order valence-electron chi connectivity index (χ4n) is 4.21. The van der Waals surface area contributed by atoms with Crippen molar-refractivity contribution in [1.82, 2.24) is 24.5 Å². The molecule has 180 valence electrons. The van der Waals surface area contributed by atoms with E-state index in [4.69, 9.17) is 0 Å². The molecule has 0 unspecified atom stereocenters. The molecule has 9 nitrogen and oxygen atoms in total. The first-order valence-corrected chi connectivity index (χ1v) is 12.7. The van der Waals surface area contributed by atoms with Crippen molar-refractivity contribution >= 4 is 34.8 Å².